The molecule has 9 nitrogen and oxygen atoms in total. The van der Waals surface area contributed by atoms with Gasteiger partial charge >= 0.3 is 17.9 Å². The predicted molar refractivity (Wildman–Crippen MR) is 121 cm³/mol. The van der Waals surface area contributed by atoms with Gasteiger partial charge in [-0.1, -0.05) is 41.5 Å². The van der Waals surface area contributed by atoms with Crippen molar-refractivity contribution in [2.45, 2.75) is 92.4 Å². The van der Waals surface area contributed by atoms with E-state index in [0.29, 0.717) is 0 Å². The maximum Gasteiger partial charge on any atom is 0.320 e. The van der Waals surface area contributed by atoms with Crippen LogP contribution in [-0.4, -0.2) is 71.7 Å². The van der Waals surface area contributed by atoms with Crippen molar-refractivity contribution in [3.63, 3.8) is 0 Å². The molecule has 0 saturated carbocycles. The van der Waals surface area contributed by atoms with Crippen LogP contribution in [0, 0.1) is 10.8 Å². The topological polar surface area (TPSA) is 131 Å². The van der Waals surface area contributed by atoms with Gasteiger partial charge in [-0.15, -0.1) is 0 Å². The Labute approximate surface area is 192 Å². The van der Waals surface area contributed by atoms with E-state index >= 15 is 0 Å². The molecule has 0 saturated heterocycles. The molecule has 0 fully saturated rings. The number of carboxylic acid groups (broad SMARTS) is 2. The monoisotopic (exact) mass is 461 g/mol. The van der Waals surface area contributed by atoms with Crippen LogP contribution >= 0.6 is 0 Å². The number of ether oxygens (including phenoxy) is 3. The molecule has 0 radical (unpaired) electrons. The molecule has 0 amide bonds. The van der Waals surface area contributed by atoms with Gasteiger partial charge in [-0.05, 0) is 31.6 Å². The number of carboxylic acids is 2. The minimum atomic E-state index is -1.02. The third-order valence-corrected chi connectivity index (χ3v) is 5.09. The second-order valence-corrected chi connectivity index (χ2v) is 11.1. The smallest absolute Gasteiger partial charge is 0.320 e. The van der Waals surface area contributed by atoms with Crippen LogP contribution in [0.2, 0.25) is 0 Å². The van der Waals surface area contributed by atoms with E-state index < -0.39 is 46.0 Å². The van der Waals surface area contributed by atoms with Crippen molar-refractivity contribution in [1.82, 2.24) is 5.32 Å². The van der Waals surface area contributed by atoms with Gasteiger partial charge in [0.05, 0.1) is 50.8 Å². The zero-order valence-corrected chi connectivity index (χ0v) is 21.2. The van der Waals surface area contributed by atoms with Gasteiger partial charge in [0.25, 0.3) is 0 Å². The molecule has 0 aromatic rings. The van der Waals surface area contributed by atoms with Crippen LogP contribution in [0.1, 0.15) is 75.2 Å². The van der Waals surface area contributed by atoms with Crippen molar-refractivity contribution in [1.29, 1.82) is 0 Å². The lowest BCUT2D eigenvalue weighted by molar-refractivity contribution is -0.199. The Hall–Kier alpha value is -1.71. The second-order valence-electron chi connectivity index (χ2n) is 11.1. The van der Waals surface area contributed by atoms with Crippen LogP contribution in [0.3, 0.4) is 0 Å². The van der Waals surface area contributed by atoms with E-state index in [0.717, 1.165) is 0 Å². The summed E-state index contributed by atoms with van der Waals surface area (Å²) in [4.78, 5) is 34.6. The van der Waals surface area contributed by atoms with Crippen LogP contribution in [0.5, 0.6) is 0 Å². The fourth-order valence-electron chi connectivity index (χ4n) is 3.75. The zero-order valence-electron chi connectivity index (χ0n) is 21.2. The maximum atomic E-state index is 12.1. The van der Waals surface area contributed by atoms with E-state index in [1.807, 2.05) is 41.5 Å². The standard InChI is InChI=1S/C23H43NO8/c1-20(2,3)23(12-18(27)28,21(4,5)6)31-15-16(14-30-11-10-17(25)26)24-13-19(29)32-22(7,8)9/h16,24H,10-15H2,1-9H3,(H,25,26)(H,27,28). The van der Waals surface area contributed by atoms with E-state index in [4.69, 9.17) is 19.3 Å². The Morgan fingerprint density at radius 2 is 1.38 bits per heavy atom. The first-order valence-corrected chi connectivity index (χ1v) is 10.9. The molecule has 0 heterocycles. The molecule has 32 heavy (non-hydrogen) atoms. The lowest BCUT2D eigenvalue weighted by Crippen LogP contribution is -2.58. The van der Waals surface area contributed by atoms with Crippen molar-refractivity contribution in [3.8, 4) is 0 Å². The highest BCUT2D eigenvalue weighted by molar-refractivity contribution is 5.72. The first-order valence-electron chi connectivity index (χ1n) is 10.9. The number of esters is 1. The predicted octanol–water partition coefficient (Wildman–Crippen LogP) is 3.10. The highest BCUT2D eigenvalue weighted by atomic mass is 16.6. The molecule has 9 heteroatoms. The molecule has 0 rings (SSSR count). The third kappa shape index (κ3) is 10.7. The maximum absolute atomic E-state index is 12.1. The fourth-order valence-corrected chi connectivity index (χ4v) is 3.75. The molecule has 188 valence electrons. The summed E-state index contributed by atoms with van der Waals surface area (Å²) in [5.74, 6) is -2.39. The van der Waals surface area contributed by atoms with Gasteiger partial charge in [-0.3, -0.25) is 19.7 Å². The van der Waals surface area contributed by atoms with E-state index in [9.17, 15) is 19.5 Å². The van der Waals surface area contributed by atoms with Crippen molar-refractivity contribution >= 4 is 17.9 Å². The molecule has 0 bridgehead atoms. The van der Waals surface area contributed by atoms with Gasteiger partial charge in [0, 0.05) is 0 Å². The van der Waals surface area contributed by atoms with E-state index in [2.05, 4.69) is 5.32 Å². The largest absolute Gasteiger partial charge is 0.481 e. The fraction of sp³-hybridized carbons (Fsp3) is 0.870. The van der Waals surface area contributed by atoms with Crippen LogP contribution in [0.4, 0.5) is 0 Å². The van der Waals surface area contributed by atoms with E-state index in [1.165, 1.54) is 0 Å². The van der Waals surface area contributed by atoms with E-state index in [-0.39, 0.29) is 39.2 Å². The average Bonchev–Trinajstić information content (AvgIpc) is 2.54. The van der Waals surface area contributed by atoms with Crippen molar-refractivity contribution in [2.24, 2.45) is 10.8 Å². The highest BCUT2D eigenvalue weighted by Crippen LogP contribution is 2.49. The molecule has 0 aliphatic heterocycles. The lowest BCUT2D eigenvalue weighted by atomic mass is 9.61. The summed E-state index contributed by atoms with van der Waals surface area (Å²) in [6.45, 7) is 17.0. The Morgan fingerprint density at radius 1 is 0.844 bits per heavy atom. The molecular formula is C23H43NO8. The number of carbonyl (C=O) groups is 3. The quantitative estimate of drug-likeness (QED) is 0.280. The molecule has 1 unspecified atom stereocenters. The molecular weight excluding hydrogens is 418 g/mol. The average molecular weight is 462 g/mol. The van der Waals surface area contributed by atoms with E-state index in [1.54, 1.807) is 20.8 Å². The summed E-state index contributed by atoms with van der Waals surface area (Å²) in [6, 6.07) is -0.478. The molecule has 3 N–H and O–H groups in total. The van der Waals surface area contributed by atoms with Crippen molar-refractivity contribution < 1.29 is 38.8 Å². The first-order chi connectivity index (χ1) is 14.3. The Morgan fingerprint density at radius 3 is 1.78 bits per heavy atom. The minimum Gasteiger partial charge on any atom is -0.481 e. The van der Waals surface area contributed by atoms with Gasteiger partial charge in [0.1, 0.15) is 5.60 Å². The molecule has 1 atom stereocenters. The van der Waals surface area contributed by atoms with Gasteiger partial charge in [0.15, 0.2) is 0 Å². The van der Waals surface area contributed by atoms with Crippen LogP contribution in [0.15, 0.2) is 0 Å². The number of rotatable bonds is 13. The van der Waals surface area contributed by atoms with Crippen molar-refractivity contribution in [2.75, 3.05) is 26.4 Å². The van der Waals surface area contributed by atoms with Crippen LogP contribution in [-0.2, 0) is 28.6 Å². The molecule has 0 aliphatic carbocycles. The Bertz CT molecular complexity index is 611. The summed E-state index contributed by atoms with van der Waals surface area (Å²) in [5.41, 5.74) is -2.66. The number of hydrogen-bond acceptors (Lipinski definition) is 7. The number of hydrogen-bond donors (Lipinski definition) is 3. The lowest BCUT2D eigenvalue weighted by Gasteiger charge is -2.52. The molecule has 0 aliphatic rings. The number of nitrogens with one attached hydrogen (secondary N) is 1. The SMILES string of the molecule is CC(C)(C)OC(=O)CNC(COCCC(=O)O)COC(CC(=O)O)(C(C)(C)C)C(C)(C)C. The molecule has 0 aromatic carbocycles. The van der Waals surface area contributed by atoms with Gasteiger partial charge in [-0.25, -0.2) is 0 Å². The second kappa shape index (κ2) is 12.0. The first kappa shape index (κ1) is 30.3. The Balaban J connectivity index is 5.50. The van der Waals surface area contributed by atoms with Gasteiger partial charge in [0.2, 0.25) is 0 Å². The Kier molecular flexibility index (Phi) is 11.3. The van der Waals surface area contributed by atoms with Crippen LogP contribution < -0.4 is 5.32 Å². The number of aliphatic carboxylic acids is 2. The highest BCUT2D eigenvalue weighted by Gasteiger charge is 2.53. The zero-order chi connectivity index (χ0) is 25.4. The summed E-state index contributed by atoms with van der Waals surface area (Å²) in [7, 11) is 0. The summed E-state index contributed by atoms with van der Waals surface area (Å²) in [5, 5.41) is 21.5. The van der Waals surface area contributed by atoms with Crippen LogP contribution in [0.25, 0.3) is 0 Å². The number of carbonyl (C=O) groups excluding carboxylic acids is 1. The normalized spacial score (nSPS) is 14.2. The van der Waals surface area contributed by atoms with Gasteiger partial charge < -0.3 is 24.4 Å². The molecule has 0 spiro atoms. The summed E-state index contributed by atoms with van der Waals surface area (Å²) >= 11 is 0. The van der Waals surface area contributed by atoms with Crippen molar-refractivity contribution in [3.05, 3.63) is 0 Å². The van der Waals surface area contributed by atoms with Gasteiger partial charge in [-0.2, -0.15) is 0 Å². The third-order valence-electron chi connectivity index (χ3n) is 5.09. The molecule has 0 aromatic heterocycles. The summed E-state index contributed by atoms with van der Waals surface area (Å²) < 4.78 is 17.1. The summed E-state index contributed by atoms with van der Waals surface area (Å²) in [6.07, 6.45) is -0.342. The minimum absolute atomic E-state index is 0.0127.